The number of pyridine rings is 1. The number of carbonyl (C=O) groups is 1. The van der Waals surface area contributed by atoms with Crippen LogP contribution in [-0.2, 0) is 0 Å². The van der Waals surface area contributed by atoms with Crippen LogP contribution in [0.5, 0.6) is 11.5 Å². The Kier molecular flexibility index (Phi) is 3.34. The number of phenolic OH excluding ortho intramolecular Hbond substituents is 1. The zero-order valence-electron chi connectivity index (χ0n) is 9.09. The second kappa shape index (κ2) is 4.93. The van der Waals surface area contributed by atoms with E-state index in [1.807, 2.05) is 0 Å². The summed E-state index contributed by atoms with van der Waals surface area (Å²) in [5.74, 6) is -0.849. The first-order chi connectivity index (χ1) is 8.58. The van der Waals surface area contributed by atoms with E-state index in [1.54, 1.807) is 0 Å². The van der Waals surface area contributed by atoms with E-state index >= 15 is 0 Å². The number of nitrogens with one attached hydrogen (secondary N) is 1. The fraction of sp³-hybridized carbons (Fsp3) is 0. The van der Waals surface area contributed by atoms with Crippen LogP contribution in [0.3, 0.4) is 0 Å². The fourth-order valence-corrected chi connectivity index (χ4v) is 1.48. The maximum absolute atomic E-state index is 11.8. The number of hydrogen-bond donors (Lipinski definition) is 3. The van der Waals surface area contributed by atoms with Crippen LogP contribution in [0, 0.1) is 0 Å². The molecule has 0 saturated carbocycles. The number of anilines is 1. The topological polar surface area (TPSA) is 82.5 Å². The molecule has 0 aliphatic carbocycles. The number of amides is 1. The first-order valence-corrected chi connectivity index (χ1v) is 5.38. The van der Waals surface area contributed by atoms with Crippen molar-refractivity contribution in [2.45, 2.75) is 0 Å². The number of halogens is 1. The van der Waals surface area contributed by atoms with Crippen molar-refractivity contribution >= 4 is 23.2 Å². The fourth-order valence-electron chi connectivity index (χ4n) is 1.37. The van der Waals surface area contributed by atoms with Crippen molar-refractivity contribution in [2.75, 3.05) is 5.32 Å². The lowest BCUT2D eigenvalue weighted by atomic mass is 10.2. The lowest BCUT2D eigenvalue weighted by Crippen LogP contribution is -2.12. The SMILES string of the molecule is O=C(Nc1ccc(Cl)c(O)c1)c1ccncc1O. The number of hydrogen-bond acceptors (Lipinski definition) is 4. The molecule has 0 spiro atoms. The van der Waals surface area contributed by atoms with Crippen molar-refractivity contribution < 1.29 is 15.0 Å². The lowest BCUT2D eigenvalue weighted by molar-refractivity contribution is 0.102. The third-order valence-electron chi connectivity index (χ3n) is 2.25. The number of rotatable bonds is 2. The average Bonchev–Trinajstić information content (AvgIpc) is 2.34. The summed E-state index contributed by atoms with van der Waals surface area (Å²) in [4.78, 5) is 15.5. The Bertz CT molecular complexity index is 602. The molecule has 18 heavy (non-hydrogen) atoms. The van der Waals surface area contributed by atoms with E-state index < -0.39 is 5.91 Å². The molecule has 3 N–H and O–H groups in total. The largest absolute Gasteiger partial charge is 0.506 e. The average molecular weight is 265 g/mol. The third-order valence-corrected chi connectivity index (χ3v) is 2.57. The number of carbonyl (C=O) groups excluding carboxylic acids is 1. The van der Waals surface area contributed by atoms with Gasteiger partial charge in [-0.15, -0.1) is 0 Å². The number of nitrogens with zero attached hydrogens (tertiary/aromatic N) is 1. The third kappa shape index (κ3) is 2.52. The van der Waals surface area contributed by atoms with Gasteiger partial charge in [0.1, 0.15) is 11.5 Å². The van der Waals surface area contributed by atoms with E-state index in [4.69, 9.17) is 11.6 Å². The molecule has 2 aromatic rings. The maximum atomic E-state index is 11.8. The molecule has 0 bridgehead atoms. The van der Waals surface area contributed by atoms with Crippen molar-refractivity contribution in [2.24, 2.45) is 0 Å². The second-order valence-corrected chi connectivity index (χ2v) is 3.92. The minimum absolute atomic E-state index is 0.0967. The molecular weight excluding hydrogens is 256 g/mol. The molecule has 0 unspecified atom stereocenters. The lowest BCUT2D eigenvalue weighted by Gasteiger charge is -2.07. The van der Waals surface area contributed by atoms with Gasteiger partial charge in [-0.3, -0.25) is 9.78 Å². The summed E-state index contributed by atoms with van der Waals surface area (Å²) in [6.07, 6.45) is 2.57. The van der Waals surface area contributed by atoms with Gasteiger partial charge in [-0.25, -0.2) is 0 Å². The van der Waals surface area contributed by atoms with E-state index in [9.17, 15) is 15.0 Å². The molecule has 92 valence electrons. The van der Waals surface area contributed by atoms with E-state index in [0.717, 1.165) is 0 Å². The van der Waals surface area contributed by atoms with Gasteiger partial charge in [0.25, 0.3) is 5.91 Å². The van der Waals surface area contributed by atoms with Gasteiger partial charge in [-0.05, 0) is 18.2 Å². The highest BCUT2D eigenvalue weighted by Gasteiger charge is 2.11. The molecule has 0 radical (unpaired) electrons. The predicted molar refractivity (Wildman–Crippen MR) is 67.0 cm³/mol. The Morgan fingerprint density at radius 3 is 2.67 bits per heavy atom. The summed E-state index contributed by atoms with van der Waals surface area (Å²) in [7, 11) is 0. The highest BCUT2D eigenvalue weighted by atomic mass is 35.5. The Morgan fingerprint density at radius 1 is 1.22 bits per heavy atom. The van der Waals surface area contributed by atoms with Crippen LogP contribution in [0.25, 0.3) is 0 Å². The zero-order chi connectivity index (χ0) is 13.1. The monoisotopic (exact) mass is 264 g/mol. The summed E-state index contributed by atoms with van der Waals surface area (Å²) in [6, 6.07) is 5.70. The van der Waals surface area contributed by atoms with Crippen LogP contribution in [-0.4, -0.2) is 21.1 Å². The van der Waals surface area contributed by atoms with Gasteiger partial charge in [0.2, 0.25) is 0 Å². The molecule has 1 aromatic carbocycles. The van der Waals surface area contributed by atoms with Gasteiger partial charge < -0.3 is 15.5 Å². The van der Waals surface area contributed by atoms with Gasteiger partial charge in [-0.2, -0.15) is 0 Å². The molecule has 0 atom stereocenters. The Balaban J connectivity index is 2.22. The van der Waals surface area contributed by atoms with Crippen molar-refractivity contribution in [3.8, 4) is 11.5 Å². The number of aromatic hydroxyl groups is 2. The molecule has 1 aromatic heterocycles. The van der Waals surface area contributed by atoms with Crippen molar-refractivity contribution in [3.05, 3.63) is 47.2 Å². The summed E-state index contributed by atoms with van der Waals surface area (Å²) in [5, 5.41) is 21.6. The highest BCUT2D eigenvalue weighted by molar-refractivity contribution is 6.32. The summed E-state index contributed by atoms with van der Waals surface area (Å²) < 4.78 is 0. The smallest absolute Gasteiger partial charge is 0.259 e. The summed E-state index contributed by atoms with van der Waals surface area (Å²) in [5.41, 5.74) is 0.470. The standard InChI is InChI=1S/C12H9ClN2O3/c13-9-2-1-7(5-10(9)16)15-12(18)8-3-4-14-6-11(8)17/h1-6,16-17H,(H,15,18). The highest BCUT2D eigenvalue weighted by Crippen LogP contribution is 2.26. The van der Waals surface area contributed by atoms with Crippen LogP contribution in [0.1, 0.15) is 10.4 Å². The van der Waals surface area contributed by atoms with Crippen molar-refractivity contribution in [1.82, 2.24) is 4.98 Å². The van der Waals surface area contributed by atoms with Crippen LogP contribution in [0.15, 0.2) is 36.7 Å². The molecule has 0 aliphatic heterocycles. The van der Waals surface area contributed by atoms with Crippen molar-refractivity contribution in [3.63, 3.8) is 0 Å². The van der Waals surface area contributed by atoms with Gasteiger partial charge in [0, 0.05) is 18.0 Å². The number of benzene rings is 1. The molecule has 2 rings (SSSR count). The van der Waals surface area contributed by atoms with Gasteiger partial charge in [-0.1, -0.05) is 11.6 Å². The summed E-state index contributed by atoms with van der Waals surface area (Å²) >= 11 is 5.65. The molecule has 0 aliphatic rings. The van der Waals surface area contributed by atoms with Gasteiger partial charge in [0.15, 0.2) is 0 Å². The van der Waals surface area contributed by atoms with Crippen LogP contribution < -0.4 is 5.32 Å². The van der Waals surface area contributed by atoms with E-state index in [-0.39, 0.29) is 22.1 Å². The molecule has 6 heteroatoms. The van der Waals surface area contributed by atoms with Crippen molar-refractivity contribution in [1.29, 1.82) is 0 Å². The molecule has 1 amide bonds. The van der Waals surface area contributed by atoms with E-state index in [0.29, 0.717) is 5.69 Å². The van der Waals surface area contributed by atoms with Gasteiger partial charge >= 0.3 is 0 Å². The Morgan fingerprint density at radius 2 is 2.00 bits per heavy atom. The van der Waals surface area contributed by atoms with Gasteiger partial charge in [0.05, 0.1) is 16.8 Å². The first kappa shape index (κ1) is 12.2. The normalized spacial score (nSPS) is 10.1. The minimum atomic E-state index is -0.503. The molecule has 0 fully saturated rings. The number of aromatic nitrogens is 1. The molecule has 1 heterocycles. The molecule has 0 saturated heterocycles. The Labute approximate surface area is 108 Å². The Hall–Kier alpha value is -2.27. The molecule has 5 nitrogen and oxygen atoms in total. The second-order valence-electron chi connectivity index (χ2n) is 3.51. The predicted octanol–water partition coefficient (Wildman–Crippen LogP) is 2.40. The minimum Gasteiger partial charge on any atom is -0.506 e. The van der Waals surface area contributed by atoms with Crippen LogP contribution in [0.4, 0.5) is 5.69 Å². The summed E-state index contributed by atoms with van der Waals surface area (Å²) in [6.45, 7) is 0. The number of phenols is 1. The van der Waals surface area contributed by atoms with E-state index in [2.05, 4.69) is 10.3 Å². The zero-order valence-corrected chi connectivity index (χ0v) is 9.85. The quantitative estimate of drug-likeness (QED) is 0.778. The van der Waals surface area contributed by atoms with Crippen LogP contribution in [0.2, 0.25) is 5.02 Å². The van der Waals surface area contributed by atoms with Crippen LogP contribution >= 0.6 is 11.6 Å². The first-order valence-electron chi connectivity index (χ1n) is 5.01. The maximum Gasteiger partial charge on any atom is 0.259 e. The molecular formula is C12H9ClN2O3. The van der Waals surface area contributed by atoms with E-state index in [1.165, 1.54) is 36.7 Å².